The maximum absolute atomic E-state index is 4.94. The summed E-state index contributed by atoms with van der Waals surface area (Å²) in [5, 5.41) is 0. The molecule has 1 rings (SSSR count). The van der Waals surface area contributed by atoms with Gasteiger partial charge < -0.3 is 4.74 Å². The zero-order valence-corrected chi connectivity index (χ0v) is 4.61. The molecule has 0 radical (unpaired) electrons. The number of hydrogen-bond acceptors (Lipinski definition) is 1. The zero-order valence-electron chi connectivity index (χ0n) is 4.61. The van der Waals surface area contributed by atoms with Crippen LogP contribution in [0, 0.1) is 5.92 Å². The van der Waals surface area contributed by atoms with Crippen LogP contribution in [-0.4, -0.2) is 13.2 Å². The minimum atomic E-state index is 0.667. The van der Waals surface area contributed by atoms with E-state index >= 15 is 0 Å². The van der Waals surface area contributed by atoms with E-state index in [-0.39, 0.29) is 0 Å². The van der Waals surface area contributed by atoms with E-state index in [0.29, 0.717) is 5.92 Å². The highest BCUT2D eigenvalue weighted by Crippen LogP contribution is 2.16. The van der Waals surface area contributed by atoms with Gasteiger partial charge in [0, 0.05) is 5.92 Å². The molecule has 1 saturated heterocycles. The van der Waals surface area contributed by atoms with Crippen LogP contribution in [0.1, 0.15) is 6.92 Å². The molecule has 0 saturated carbocycles. The lowest BCUT2D eigenvalue weighted by molar-refractivity contribution is -0.0130. The average Bonchev–Trinajstić information content (AvgIpc) is 1.23. The quantitative estimate of drug-likeness (QED) is 0.448. The van der Waals surface area contributed by atoms with Crippen molar-refractivity contribution in [3.63, 3.8) is 0 Å². The predicted octanol–water partition coefficient (Wildman–Crippen LogP) is 1.21. The summed E-state index contributed by atoms with van der Waals surface area (Å²) in [7, 11) is 0. The molecule has 0 aromatic heterocycles. The van der Waals surface area contributed by atoms with Crippen molar-refractivity contribution in [2.75, 3.05) is 13.2 Å². The van der Waals surface area contributed by atoms with Crippen LogP contribution in [0.3, 0.4) is 0 Å². The van der Waals surface area contributed by atoms with E-state index in [0.717, 1.165) is 13.2 Å². The molecule has 40 valence electrons. The minimum Gasteiger partial charge on any atom is -0.380 e. The molecule has 0 spiro atoms. The normalized spacial score (nSPS) is 21.3. The molecule has 0 aliphatic carbocycles. The van der Waals surface area contributed by atoms with Crippen LogP contribution in [-0.2, 0) is 4.74 Å². The first-order valence-corrected chi connectivity index (χ1v) is 2.54. The molecule has 1 nitrogen and oxygen atoms in total. The van der Waals surface area contributed by atoms with Gasteiger partial charge in [0.1, 0.15) is 0 Å². The van der Waals surface area contributed by atoms with E-state index in [1.165, 1.54) is 5.57 Å². The molecule has 1 aliphatic rings. The van der Waals surface area contributed by atoms with E-state index in [1.54, 1.807) is 0 Å². The second kappa shape index (κ2) is 1.66. The van der Waals surface area contributed by atoms with Crippen LogP contribution in [0.15, 0.2) is 12.2 Å². The van der Waals surface area contributed by atoms with Gasteiger partial charge in [-0.3, -0.25) is 0 Å². The van der Waals surface area contributed by atoms with Crippen molar-refractivity contribution in [1.82, 2.24) is 0 Å². The first kappa shape index (κ1) is 4.85. The van der Waals surface area contributed by atoms with Gasteiger partial charge in [-0.2, -0.15) is 0 Å². The zero-order chi connectivity index (χ0) is 5.28. The Labute approximate surface area is 44.0 Å². The third-order valence-corrected chi connectivity index (χ3v) is 1.33. The lowest BCUT2D eigenvalue weighted by Gasteiger charge is -2.25. The van der Waals surface area contributed by atoms with Crippen LogP contribution in [0.4, 0.5) is 0 Å². The molecular weight excluding hydrogens is 88.1 g/mol. The van der Waals surface area contributed by atoms with Crippen molar-refractivity contribution in [1.29, 1.82) is 0 Å². The van der Waals surface area contributed by atoms with Crippen molar-refractivity contribution in [3.05, 3.63) is 12.2 Å². The van der Waals surface area contributed by atoms with Gasteiger partial charge in [-0.05, 0) is 6.92 Å². The average molecular weight is 98.1 g/mol. The van der Waals surface area contributed by atoms with Crippen LogP contribution < -0.4 is 0 Å². The fraction of sp³-hybridized carbons (Fsp3) is 0.667. The third-order valence-electron chi connectivity index (χ3n) is 1.33. The molecule has 1 heteroatoms. The molecular formula is C6H10O. The summed E-state index contributed by atoms with van der Waals surface area (Å²) >= 11 is 0. The number of hydrogen-bond donors (Lipinski definition) is 0. The highest BCUT2D eigenvalue weighted by atomic mass is 16.5. The van der Waals surface area contributed by atoms with Gasteiger partial charge in [0.05, 0.1) is 13.2 Å². The third kappa shape index (κ3) is 0.829. The Balaban J connectivity index is 2.27. The van der Waals surface area contributed by atoms with Crippen molar-refractivity contribution >= 4 is 0 Å². The Kier molecular flexibility index (Phi) is 1.15. The minimum absolute atomic E-state index is 0.667. The molecule has 0 amide bonds. The summed E-state index contributed by atoms with van der Waals surface area (Å²) < 4.78 is 4.94. The van der Waals surface area contributed by atoms with Gasteiger partial charge in [-0.25, -0.2) is 0 Å². The largest absolute Gasteiger partial charge is 0.380 e. The molecule has 0 aromatic rings. The van der Waals surface area contributed by atoms with Crippen molar-refractivity contribution in [2.45, 2.75) is 6.92 Å². The topological polar surface area (TPSA) is 9.23 Å². The Hall–Kier alpha value is -0.300. The molecule has 0 atom stereocenters. The van der Waals surface area contributed by atoms with Crippen LogP contribution in [0.5, 0.6) is 0 Å². The Morgan fingerprint density at radius 2 is 2.29 bits per heavy atom. The van der Waals surface area contributed by atoms with E-state index in [9.17, 15) is 0 Å². The summed E-state index contributed by atoms with van der Waals surface area (Å²) in [5.74, 6) is 0.667. The molecule has 0 bridgehead atoms. The van der Waals surface area contributed by atoms with Gasteiger partial charge >= 0.3 is 0 Å². The summed E-state index contributed by atoms with van der Waals surface area (Å²) in [5.41, 5.74) is 1.26. The fourth-order valence-electron chi connectivity index (χ4n) is 0.520. The molecule has 0 aromatic carbocycles. The van der Waals surface area contributed by atoms with E-state index < -0.39 is 0 Å². The van der Waals surface area contributed by atoms with Crippen molar-refractivity contribution < 1.29 is 4.74 Å². The van der Waals surface area contributed by atoms with E-state index in [4.69, 9.17) is 4.74 Å². The lowest BCUT2D eigenvalue weighted by atomic mass is 10.0. The summed E-state index contributed by atoms with van der Waals surface area (Å²) in [6.45, 7) is 7.64. The number of ether oxygens (including phenoxy) is 1. The van der Waals surface area contributed by atoms with Gasteiger partial charge in [0.15, 0.2) is 0 Å². The smallest absolute Gasteiger partial charge is 0.0553 e. The molecule has 0 N–H and O–H groups in total. The SMILES string of the molecule is C=C(C)C1COC1. The van der Waals surface area contributed by atoms with Crippen LogP contribution >= 0.6 is 0 Å². The van der Waals surface area contributed by atoms with Gasteiger partial charge in [0.2, 0.25) is 0 Å². The second-order valence-electron chi connectivity index (χ2n) is 2.08. The van der Waals surface area contributed by atoms with Gasteiger partial charge in [-0.15, -0.1) is 0 Å². The molecule has 1 aliphatic heterocycles. The highest BCUT2D eigenvalue weighted by molar-refractivity contribution is 4.98. The maximum Gasteiger partial charge on any atom is 0.0553 e. The Morgan fingerprint density at radius 3 is 2.29 bits per heavy atom. The standard InChI is InChI=1S/C6H10O/c1-5(2)6-3-7-4-6/h6H,1,3-4H2,2H3. The fourth-order valence-corrected chi connectivity index (χ4v) is 0.520. The molecule has 1 fully saturated rings. The molecule has 1 heterocycles. The summed E-state index contributed by atoms with van der Waals surface area (Å²) in [4.78, 5) is 0. The van der Waals surface area contributed by atoms with Gasteiger partial charge in [-0.1, -0.05) is 12.2 Å². The lowest BCUT2D eigenvalue weighted by Crippen LogP contribution is -2.27. The first-order valence-electron chi connectivity index (χ1n) is 2.54. The van der Waals surface area contributed by atoms with Crippen molar-refractivity contribution in [2.24, 2.45) is 5.92 Å². The van der Waals surface area contributed by atoms with E-state index in [1.807, 2.05) is 6.92 Å². The predicted molar refractivity (Wildman–Crippen MR) is 29.1 cm³/mol. The highest BCUT2D eigenvalue weighted by Gasteiger charge is 2.17. The van der Waals surface area contributed by atoms with Crippen LogP contribution in [0.25, 0.3) is 0 Å². The van der Waals surface area contributed by atoms with Crippen LogP contribution in [0.2, 0.25) is 0 Å². The Bertz CT molecular complexity index is 82.2. The van der Waals surface area contributed by atoms with Crippen molar-refractivity contribution in [3.8, 4) is 0 Å². The van der Waals surface area contributed by atoms with Gasteiger partial charge in [0.25, 0.3) is 0 Å². The summed E-state index contributed by atoms with van der Waals surface area (Å²) in [6.07, 6.45) is 0. The second-order valence-corrected chi connectivity index (χ2v) is 2.08. The molecule has 0 unspecified atom stereocenters. The number of rotatable bonds is 1. The Morgan fingerprint density at radius 1 is 1.71 bits per heavy atom. The molecule has 7 heavy (non-hydrogen) atoms. The first-order chi connectivity index (χ1) is 3.30. The summed E-state index contributed by atoms with van der Waals surface area (Å²) in [6, 6.07) is 0. The maximum atomic E-state index is 4.94. The monoisotopic (exact) mass is 98.1 g/mol. The van der Waals surface area contributed by atoms with E-state index in [2.05, 4.69) is 6.58 Å².